The quantitative estimate of drug-likeness (QED) is 0.432. The summed E-state index contributed by atoms with van der Waals surface area (Å²) < 4.78 is 45.7. The number of amides is 2. The monoisotopic (exact) mass is 582 g/mol. The number of halogens is 5. The van der Waals surface area contributed by atoms with Crippen molar-refractivity contribution in [1.29, 1.82) is 0 Å². The van der Waals surface area contributed by atoms with Gasteiger partial charge in [0.05, 0.1) is 34.9 Å². The molecule has 0 aromatic heterocycles. The Morgan fingerprint density at radius 3 is 2.33 bits per heavy atom. The Morgan fingerprint density at radius 2 is 1.72 bits per heavy atom. The first-order valence-electron chi connectivity index (χ1n) is 12.7. The van der Waals surface area contributed by atoms with E-state index in [2.05, 4.69) is 0 Å². The topological polar surface area (TPSA) is 70.1 Å². The number of methoxy groups -OCH3 is 1. The average molecular weight is 583 g/mol. The van der Waals surface area contributed by atoms with Gasteiger partial charge in [-0.2, -0.15) is 13.2 Å². The summed E-state index contributed by atoms with van der Waals surface area (Å²) >= 11 is 11.8. The average Bonchev–Trinajstić information content (AvgIpc) is 3.21. The smallest absolute Gasteiger partial charge is 0.417 e. The van der Waals surface area contributed by atoms with Gasteiger partial charge in [0.1, 0.15) is 0 Å². The molecular formula is C28H27Cl2F3N2O4. The number of urea groups is 1. The maximum atomic E-state index is 13.7. The highest BCUT2D eigenvalue weighted by Crippen LogP contribution is 2.46. The third-order valence-electron chi connectivity index (χ3n) is 8.09. The van der Waals surface area contributed by atoms with E-state index in [1.54, 1.807) is 34.1 Å². The summed E-state index contributed by atoms with van der Waals surface area (Å²) in [6.45, 7) is 0.619. The number of ether oxygens (including phenoxy) is 1. The van der Waals surface area contributed by atoms with Crippen LogP contribution in [-0.4, -0.2) is 59.2 Å². The molecular weight excluding hydrogens is 556 g/mol. The fourth-order valence-corrected chi connectivity index (χ4v) is 6.41. The summed E-state index contributed by atoms with van der Waals surface area (Å²) in [6.07, 6.45) is -2.68. The van der Waals surface area contributed by atoms with Crippen molar-refractivity contribution in [2.24, 2.45) is 0 Å². The lowest BCUT2D eigenvalue weighted by Gasteiger charge is -2.44. The van der Waals surface area contributed by atoms with E-state index in [1.165, 1.54) is 19.2 Å². The Kier molecular flexibility index (Phi) is 7.37. The maximum Gasteiger partial charge on any atom is 0.417 e. The summed E-state index contributed by atoms with van der Waals surface area (Å²) in [4.78, 5) is 30.1. The molecule has 1 N–H and O–H groups in total. The number of hydrogen-bond acceptors (Lipinski definition) is 4. The van der Waals surface area contributed by atoms with E-state index in [-0.39, 0.29) is 29.6 Å². The Labute approximate surface area is 233 Å². The molecule has 208 valence electrons. The van der Waals surface area contributed by atoms with Crippen molar-refractivity contribution in [3.05, 3.63) is 74.8 Å². The second-order valence-corrected chi connectivity index (χ2v) is 11.1. The van der Waals surface area contributed by atoms with E-state index in [1.807, 2.05) is 0 Å². The molecule has 0 radical (unpaired) electrons. The van der Waals surface area contributed by atoms with E-state index in [0.717, 1.165) is 11.6 Å². The Hall–Kier alpha value is -2.75. The summed E-state index contributed by atoms with van der Waals surface area (Å²) in [7, 11) is 1.21. The van der Waals surface area contributed by atoms with Crippen molar-refractivity contribution in [3.63, 3.8) is 0 Å². The van der Waals surface area contributed by atoms with Gasteiger partial charge in [-0.05, 0) is 73.1 Å². The van der Waals surface area contributed by atoms with Gasteiger partial charge in [0.2, 0.25) is 0 Å². The van der Waals surface area contributed by atoms with Crippen LogP contribution in [0.3, 0.4) is 0 Å². The van der Waals surface area contributed by atoms with Gasteiger partial charge >= 0.3 is 18.2 Å². The maximum absolute atomic E-state index is 13.7. The highest BCUT2D eigenvalue weighted by molar-refractivity contribution is 6.31. The number of carbonyl (C=O) groups excluding carboxylic acids is 2. The van der Waals surface area contributed by atoms with E-state index in [4.69, 9.17) is 27.9 Å². The molecule has 2 unspecified atom stereocenters. The molecule has 2 atom stereocenters. The molecule has 39 heavy (non-hydrogen) atoms. The number of carbonyl (C=O) groups is 2. The first-order chi connectivity index (χ1) is 18.4. The van der Waals surface area contributed by atoms with Gasteiger partial charge in [0.25, 0.3) is 0 Å². The molecule has 2 aromatic rings. The minimum atomic E-state index is -4.66. The van der Waals surface area contributed by atoms with Gasteiger partial charge in [0, 0.05) is 24.2 Å². The second-order valence-electron chi connectivity index (χ2n) is 10.2. The van der Waals surface area contributed by atoms with E-state index >= 15 is 0 Å². The minimum absolute atomic E-state index is 0.199. The molecule has 2 aromatic carbocycles. The molecule has 2 amide bonds. The number of fused-ring (bicyclic) bond motifs is 2. The van der Waals surface area contributed by atoms with Crippen LogP contribution in [0.4, 0.5) is 18.0 Å². The third kappa shape index (κ3) is 5.12. The van der Waals surface area contributed by atoms with Crippen molar-refractivity contribution >= 4 is 40.8 Å². The van der Waals surface area contributed by atoms with E-state index < -0.39 is 34.4 Å². The second kappa shape index (κ2) is 10.3. The molecule has 2 saturated heterocycles. The normalized spacial score (nSPS) is 22.7. The van der Waals surface area contributed by atoms with Crippen LogP contribution in [0, 0.1) is 0 Å². The number of rotatable bonds is 3. The number of likely N-dealkylation sites (tertiary alicyclic amines) is 1. The van der Waals surface area contributed by atoms with Crippen LogP contribution in [-0.2, 0) is 21.3 Å². The summed E-state index contributed by atoms with van der Waals surface area (Å²) in [5, 5.41) is 11.4. The van der Waals surface area contributed by atoms with Crippen LogP contribution in [0.25, 0.3) is 5.57 Å². The number of nitrogens with zero attached hydrogens (tertiary/aromatic N) is 2. The van der Waals surface area contributed by atoms with Crippen molar-refractivity contribution in [2.75, 3.05) is 20.2 Å². The van der Waals surface area contributed by atoms with Crippen LogP contribution < -0.4 is 0 Å². The molecule has 3 aliphatic heterocycles. The van der Waals surface area contributed by atoms with Crippen LogP contribution in [0.15, 0.2) is 48.0 Å². The number of alkyl halides is 3. The van der Waals surface area contributed by atoms with Crippen molar-refractivity contribution in [3.8, 4) is 0 Å². The highest BCUT2D eigenvalue weighted by atomic mass is 35.5. The molecule has 5 rings (SSSR count). The molecule has 11 heteroatoms. The lowest BCUT2D eigenvalue weighted by Crippen LogP contribution is -2.55. The van der Waals surface area contributed by atoms with Gasteiger partial charge in [0.15, 0.2) is 0 Å². The molecule has 0 saturated carbocycles. The number of piperidine rings is 1. The van der Waals surface area contributed by atoms with E-state index in [0.29, 0.717) is 49.4 Å². The zero-order valence-corrected chi connectivity index (χ0v) is 22.6. The van der Waals surface area contributed by atoms with Gasteiger partial charge in [-0.25, -0.2) is 9.59 Å². The van der Waals surface area contributed by atoms with Crippen molar-refractivity contribution in [2.45, 2.75) is 56.0 Å². The third-order valence-corrected chi connectivity index (χ3v) is 8.67. The minimum Gasteiger partial charge on any atom is -0.466 e. The first kappa shape index (κ1) is 27.8. The van der Waals surface area contributed by atoms with Crippen LogP contribution in [0.2, 0.25) is 10.0 Å². The van der Waals surface area contributed by atoms with Crippen molar-refractivity contribution in [1.82, 2.24) is 9.80 Å². The van der Waals surface area contributed by atoms with Crippen molar-refractivity contribution < 1.29 is 32.6 Å². The predicted molar refractivity (Wildman–Crippen MR) is 140 cm³/mol. The van der Waals surface area contributed by atoms with Gasteiger partial charge in [-0.1, -0.05) is 41.4 Å². The molecule has 2 fully saturated rings. The standard InChI is InChI=1S/C28H27Cl2F3N2O4/c1-39-25(36)24-20(16-2-8-22(30)21(14-16)28(31,32)33)15-19-7-9-23(24)35(19)26(37)34-12-10-27(38,11-13-34)17-3-5-18(29)6-4-17/h2-6,8,14,19,23,38H,7,9-13,15H2,1H3. The molecule has 3 heterocycles. The predicted octanol–water partition coefficient (Wildman–Crippen LogP) is 6.28. The summed E-state index contributed by atoms with van der Waals surface area (Å²) in [5.41, 5.74) is -0.454. The molecule has 6 nitrogen and oxygen atoms in total. The molecule has 0 aliphatic carbocycles. The van der Waals surface area contributed by atoms with Gasteiger partial charge < -0.3 is 19.6 Å². The summed E-state index contributed by atoms with van der Waals surface area (Å²) in [5.74, 6) is -0.674. The van der Waals surface area contributed by atoms with Crippen LogP contribution in [0.1, 0.15) is 48.8 Å². The number of hydrogen-bond donors (Lipinski definition) is 1. The Balaban J connectivity index is 1.41. The number of aliphatic hydroxyl groups is 1. The molecule has 0 spiro atoms. The molecule has 3 aliphatic rings. The fraction of sp³-hybridized carbons (Fsp3) is 0.429. The number of benzene rings is 2. The highest BCUT2D eigenvalue weighted by Gasteiger charge is 2.49. The van der Waals surface area contributed by atoms with Gasteiger partial charge in [-0.3, -0.25) is 0 Å². The first-order valence-corrected chi connectivity index (χ1v) is 13.4. The molecule has 2 bridgehead atoms. The fourth-order valence-electron chi connectivity index (χ4n) is 6.06. The van der Waals surface area contributed by atoms with Crippen LogP contribution in [0.5, 0.6) is 0 Å². The van der Waals surface area contributed by atoms with Crippen LogP contribution >= 0.6 is 23.2 Å². The Bertz CT molecular complexity index is 1320. The lowest BCUT2D eigenvalue weighted by atomic mass is 9.84. The zero-order chi connectivity index (χ0) is 28.1. The largest absolute Gasteiger partial charge is 0.466 e. The number of esters is 1. The zero-order valence-electron chi connectivity index (χ0n) is 21.1. The lowest BCUT2D eigenvalue weighted by molar-refractivity contribution is -0.138. The van der Waals surface area contributed by atoms with E-state index in [9.17, 15) is 27.9 Å². The summed E-state index contributed by atoms with van der Waals surface area (Å²) in [6, 6.07) is 9.43. The van der Waals surface area contributed by atoms with Gasteiger partial charge in [-0.15, -0.1) is 0 Å². The SMILES string of the molecule is COC(=O)C1=C(c2ccc(Cl)c(C(F)(F)F)c2)CC2CCC1N2C(=O)N1CCC(O)(c2ccc(Cl)cc2)CC1. The Morgan fingerprint density at radius 1 is 1.05 bits per heavy atom.